The van der Waals surface area contributed by atoms with Crippen LogP contribution >= 0.6 is 0 Å². The van der Waals surface area contributed by atoms with Crippen molar-refractivity contribution >= 4 is 18.2 Å². The number of carbonyl (C=O) groups is 3. The van der Waals surface area contributed by atoms with E-state index in [9.17, 15) is 117 Å². The Kier molecular flexibility index (Phi) is 26.9. The minimum atomic E-state index is -2.23. The third-order valence-corrected chi connectivity index (χ3v) is 28.9. The minimum absolute atomic E-state index is 0.114. The first-order chi connectivity index (χ1) is 54.5. The van der Waals surface area contributed by atoms with Crippen LogP contribution in [0.2, 0.25) is 0 Å². The molecule has 664 valence electrons. The fraction of sp³-hybridized carbons (Fsp3) is 0.934. The van der Waals surface area contributed by atoms with E-state index in [1.165, 1.54) is 20.8 Å². The average Bonchev–Trinajstić information content (AvgIpc) is 0.673. The molecule has 12 fully saturated rings. The number of fused-ring (bicyclic) bond motifs is 7. The van der Waals surface area contributed by atoms with Crippen LogP contribution in [-0.4, -0.2) is 391 Å². The van der Waals surface area contributed by atoms with Gasteiger partial charge in [-0.15, -0.1) is 0 Å². The van der Waals surface area contributed by atoms with Gasteiger partial charge in [-0.2, -0.15) is 0 Å². The van der Waals surface area contributed by atoms with E-state index >= 15 is 4.79 Å². The molecule has 0 bridgehead atoms. The summed E-state index contributed by atoms with van der Waals surface area (Å²) in [7, 11) is 0. The number of allylic oxidation sites excluding steroid dienone is 2. The molecule has 0 unspecified atom stereocenters. The van der Waals surface area contributed by atoms with Gasteiger partial charge in [0.15, 0.2) is 56.2 Å². The number of aldehydes is 1. The van der Waals surface area contributed by atoms with Gasteiger partial charge >= 0.3 is 11.9 Å². The van der Waals surface area contributed by atoms with E-state index in [-0.39, 0.29) is 24.2 Å². The molecule has 8 heterocycles. The molecule has 4 saturated carbocycles. The molecule has 0 spiro atoms. The van der Waals surface area contributed by atoms with E-state index in [2.05, 4.69) is 40.7 Å². The van der Waals surface area contributed by atoms with E-state index < -0.39 is 317 Å². The first kappa shape index (κ1) is 90.7. The van der Waals surface area contributed by atoms with Crippen LogP contribution in [0.3, 0.4) is 0 Å². The van der Waals surface area contributed by atoms with Gasteiger partial charge in [-0.25, -0.2) is 4.79 Å². The maximum Gasteiger partial charge on any atom is 0.335 e. The number of carboxylic acids is 1. The topological polar surface area (TPSA) is 624 Å². The SMILES string of the molecule is C[C@@H]1O[C@@H](O[C@H]2[C@H](O)[C@@H](C(=O)O)O[C@@H](O[C@H]3CC[C@]4(C)[C@H]5CC=C6[C@@H]7CC(C)(C)CC[C@]7(C(=O)O[C@@H]7O[C@H](C)[C@H](O)[C@H](O)[C@H]7O[C@@H]7O[C@@H](C)[C@H](O[C@@H]8OC[C@@H](O)[C@H](O)[C@H]8O)[C@@H](O[C@@H]8O[C@H](CO)[C@@H](O)[C@H](O[C@@H]9OC[C@@H](O)[C@H](O)[C@H]9O)[C@H]8O)[C@H]7O)CC[C@@]6(C)[C@]5(C)CC[C@H]4[C@]3(C)C=O)[C@@H]2O[C@@H]2O[C@H](CO)[C@H](O)[C@H](O)[C@H]2O)[C@H](O)[C@H](O)[C@H]1O. The van der Waals surface area contributed by atoms with Gasteiger partial charge < -0.3 is 188 Å². The van der Waals surface area contributed by atoms with Crippen molar-refractivity contribution in [3.8, 4) is 0 Å². The van der Waals surface area contributed by atoms with Crippen molar-refractivity contribution in [3.63, 3.8) is 0 Å². The second-order valence-corrected chi connectivity index (χ2v) is 36.3. The lowest BCUT2D eigenvalue weighted by Gasteiger charge is -2.71. The van der Waals surface area contributed by atoms with E-state index in [4.69, 9.17) is 75.8 Å². The predicted molar refractivity (Wildman–Crippen MR) is 378 cm³/mol. The van der Waals surface area contributed by atoms with Gasteiger partial charge in [0.25, 0.3) is 0 Å². The molecule has 5 aliphatic carbocycles. The fourth-order valence-corrected chi connectivity index (χ4v) is 21.6. The zero-order valence-corrected chi connectivity index (χ0v) is 66.0. The van der Waals surface area contributed by atoms with Gasteiger partial charge in [0, 0.05) is 0 Å². The van der Waals surface area contributed by atoms with E-state index in [0.29, 0.717) is 51.4 Å². The third kappa shape index (κ3) is 15.8. The van der Waals surface area contributed by atoms with Crippen LogP contribution in [0, 0.1) is 50.2 Å². The molecule has 0 aromatic rings. The highest BCUT2D eigenvalue weighted by Crippen LogP contribution is 2.76. The van der Waals surface area contributed by atoms with Crippen LogP contribution in [0.25, 0.3) is 0 Å². The van der Waals surface area contributed by atoms with Crippen LogP contribution in [0.15, 0.2) is 11.6 Å². The second-order valence-electron chi connectivity index (χ2n) is 36.3. The lowest BCUT2D eigenvalue weighted by Crippen LogP contribution is -2.69. The number of esters is 1. The maximum atomic E-state index is 16.0. The predicted octanol–water partition coefficient (Wildman–Crippen LogP) is -7.11. The summed E-state index contributed by atoms with van der Waals surface area (Å²) in [6.07, 6.45) is -64.3. The molecule has 0 aromatic carbocycles. The average molecular weight is 1670 g/mol. The Morgan fingerprint density at radius 1 is 0.440 bits per heavy atom. The zero-order chi connectivity index (χ0) is 84.6. The summed E-state index contributed by atoms with van der Waals surface area (Å²) >= 11 is 0. The van der Waals surface area contributed by atoms with Crippen molar-refractivity contribution in [2.24, 2.45) is 50.2 Å². The molecule has 0 aromatic heterocycles. The van der Waals surface area contributed by atoms with Crippen molar-refractivity contribution in [1.82, 2.24) is 0 Å². The number of hydrogen-bond donors (Lipinski definition) is 21. The number of carboxylic acid groups (broad SMARTS) is 1. The Balaban J connectivity index is 0.761. The van der Waals surface area contributed by atoms with Crippen molar-refractivity contribution in [1.29, 1.82) is 0 Å². The maximum absolute atomic E-state index is 16.0. The molecule has 0 radical (unpaired) electrons. The highest BCUT2D eigenvalue weighted by Gasteiger charge is 2.72. The van der Waals surface area contributed by atoms with Crippen molar-refractivity contribution in [2.45, 2.75) is 366 Å². The van der Waals surface area contributed by atoms with E-state index in [1.54, 1.807) is 6.92 Å². The number of rotatable bonds is 20. The first-order valence-electron chi connectivity index (χ1n) is 40.3. The largest absolute Gasteiger partial charge is 0.479 e. The normalized spacial score (nSPS) is 55.0. The Labute approximate surface area is 667 Å². The molecule has 13 rings (SSSR count). The molecular weight excluding hydrogens is 1550 g/mol. The van der Waals surface area contributed by atoms with Crippen molar-refractivity contribution < 1.29 is 197 Å². The van der Waals surface area contributed by atoms with Crippen LogP contribution in [0.1, 0.15) is 127 Å². The highest BCUT2D eigenvalue weighted by molar-refractivity contribution is 5.79. The molecule has 40 heteroatoms. The molecule has 0 amide bonds. The number of carbonyl (C=O) groups excluding carboxylic acids is 2. The van der Waals surface area contributed by atoms with Crippen LogP contribution < -0.4 is 0 Å². The Morgan fingerprint density at radius 3 is 1.52 bits per heavy atom. The van der Waals surface area contributed by atoms with Crippen LogP contribution in [0.5, 0.6) is 0 Å². The van der Waals surface area contributed by atoms with Gasteiger partial charge in [-0.3, -0.25) is 4.79 Å². The van der Waals surface area contributed by atoms with E-state index in [0.717, 1.165) is 11.9 Å². The van der Waals surface area contributed by atoms with Gasteiger partial charge in [0.05, 0.1) is 61.7 Å². The summed E-state index contributed by atoms with van der Waals surface area (Å²) in [5.74, 6) is -3.56. The zero-order valence-electron chi connectivity index (χ0n) is 66.0. The first-order valence-corrected chi connectivity index (χ1v) is 40.3. The summed E-state index contributed by atoms with van der Waals surface area (Å²) in [6, 6.07) is 0. The lowest BCUT2D eigenvalue weighted by molar-refractivity contribution is -0.399. The summed E-state index contributed by atoms with van der Waals surface area (Å²) in [5.41, 5.74) is -3.85. The summed E-state index contributed by atoms with van der Waals surface area (Å²) in [6.45, 7) is 13.7. The molecule has 21 N–H and O–H groups in total. The van der Waals surface area contributed by atoms with Crippen molar-refractivity contribution in [3.05, 3.63) is 11.6 Å². The monoisotopic (exact) mass is 1670 g/mol. The van der Waals surface area contributed by atoms with Gasteiger partial charge in [-0.05, 0) is 124 Å². The Bertz CT molecular complexity index is 3420. The minimum Gasteiger partial charge on any atom is -0.479 e. The number of ether oxygens (including phenoxy) is 16. The Morgan fingerprint density at radius 2 is 0.922 bits per heavy atom. The smallest absolute Gasteiger partial charge is 0.335 e. The number of hydrogen-bond acceptors (Lipinski definition) is 39. The number of aliphatic hydroxyl groups excluding tert-OH is 20. The highest BCUT2D eigenvalue weighted by atomic mass is 16.8. The van der Waals surface area contributed by atoms with Crippen molar-refractivity contribution in [2.75, 3.05) is 26.4 Å². The molecule has 13 aliphatic rings. The van der Waals surface area contributed by atoms with Crippen LogP contribution in [-0.2, 0) is 90.2 Å². The lowest BCUT2D eigenvalue weighted by atomic mass is 9.33. The number of aliphatic hydroxyl groups is 20. The van der Waals surface area contributed by atoms with Crippen LogP contribution in [0.4, 0.5) is 0 Å². The molecule has 116 heavy (non-hydrogen) atoms. The fourth-order valence-electron chi connectivity index (χ4n) is 21.6. The van der Waals surface area contributed by atoms with E-state index in [1.807, 2.05) is 0 Å². The number of aliphatic carboxylic acids is 1. The molecule has 47 atom stereocenters. The Hall–Kier alpha value is -3.05. The van der Waals surface area contributed by atoms with Gasteiger partial charge in [-0.1, -0.05) is 53.2 Å². The molecule has 40 nitrogen and oxygen atoms in total. The van der Waals surface area contributed by atoms with Gasteiger partial charge in [0.1, 0.15) is 159 Å². The molecular formula is C76H120O40. The van der Waals surface area contributed by atoms with Gasteiger partial charge in [0.2, 0.25) is 6.29 Å². The third-order valence-electron chi connectivity index (χ3n) is 28.9. The summed E-state index contributed by atoms with van der Waals surface area (Å²) in [4.78, 5) is 43.5. The quantitative estimate of drug-likeness (QED) is 0.0233. The molecule has 8 aliphatic heterocycles. The summed E-state index contributed by atoms with van der Waals surface area (Å²) in [5, 5.41) is 232. The second kappa shape index (κ2) is 34.5. The standard InChI is InChI=1S/C76H120O40/c1-26-38(82)44(88)49(93)64(103-26)111-56-51(95)58(61(98)99)113-69(60(56)115-65-50(94)45(89)42(86)33(21-77)106-65)108-37-13-14-72(6)35(73(37,7)25-79)12-15-75(9)36(72)11-10-29-30-20-71(4,5)16-18-76(30,19-17-74(29,75)8)70(100)116-68-59(46(90)39(83)27(2)104-68)114-66-53(97)57(54(28(3)105-66)109-62-47(91)40(84)31(80)23-101-62)112-67-52(96)55(43(87)34(22-78)107-67)110-63-48(92)41(85)32(81)24-102-63/h10,25-28,30-60,62-69,77-78,80-97H,11-24H2,1-9H3,(H,98,99)/t26-,27+,28-,30-,31+,32+,33+,34+,35+,36+,37-,38-,39-,40-,41-,42-,43+,44+,45-,46-,47+,48+,49+,50+,51-,52+,53+,54-,55-,56-,57-,58-,59+,60+,62-,63-,64-,65-,66-,67-,68-,69+,72-,73-,74+,75+,76-/m0/s1. The molecule has 8 saturated heterocycles. The summed E-state index contributed by atoms with van der Waals surface area (Å²) < 4.78 is 97.3.